The summed E-state index contributed by atoms with van der Waals surface area (Å²) in [7, 11) is 0. The van der Waals surface area contributed by atoms with Gasteiger partial charge in [-0.1, -0.05) is 6.92 Å². The van der Waals surface area contributed by atoms with Gasteiger partial charge in [-0.15, -0.1) is 0 Å². The molecule has 0 bridgehead atoms. The molecule has 1 aromatic rings. The van der Waals surface area contributed by atoms with Crippen LogP contribution in [0.4, 0.5) is 18.3 Å². The first-order valence-electron chi connectivity index (χ1n) is 4.61. The van der Waals surface area contributed by atoms with Crippen molar-refractivity contribution in [1.29, 1.82) is 0 Å². The fraction of sp³-hybridized carbons (Fsp3) is 0.750. The van der Waals surface area contributed by atoms with Crippen LogP contribution in [0.1, 0.15) is 19.2 Å². The third-order valence-electron chi connectivity index (χ3n) is 2.47. The zero-order valence-electron chi connectivity index (χ0n) is 8.01. The highest BCUT2D eigenvalue weighted by Gasteiger charge is 2.36. The minimum Gasteiger partial charge on any atom is -0.360 e. The van der Waals surface area contributed by atoms with Gasteiger partial charge >= 0.3 is 6.18 Å². The van der Waals surface area contributed by atoms with Gasteiger partial charge in [-0.3, -0.25) is 0 Å². The molecule has 1 saturated carbocycles. The van der Waals surface area contributed by atoms with Gasteiger partial charge in [0.2, 0.25) is 11.0 Å². The van der Waals surface area contributed by atoms with Crippen molar-refractivity contribution in [3.05, 3.63) is 5.82 Å². The van der Waals surface area contributed by atoms with E-state index in [1.165, 1.54) is 0 Å². The number of hydrogen-bond donors (Lipinski definition) is 1. The van der Waals surface area contributed by atoms with Crippen molar-refractivity contribution in [2.24, 2.45) is 11.8 Å². The van der Waals surface area contributed by atoms with E-state index in [9.17, 15) is 13.2 Å². The molecule has 2 unspecified atom stereocenters. The lowest BCUT2D eigenvalue weighted by Gasteiger charge is -2.00. The molecular formula is C8H10F3N3S. The highest BCUT2D eigenvalue weighted by Crippen LogP contribution is 2.37. The molecule has 1 aliphatic carbocycles. The van der Waals surface area contributed by atoms with Gasteiger partial charge in [-0.25, -0.2) is 0 Å². The number of nitrogens with one attached hydrogen (secondary N) is 1. The van der Waals surface area contributed by atoms with Gasteiger partial charge in [0.05, 0.1) is 0 Å². The Morgan fingerprint density at radius 3 is 2.67 bits per heavy atom. The third-order valence-corrected chi connectivity index (χ3v) is 3.14. The van der Waals surface area contributed by atoms with E-state index >= 15 is 0 Å². The maximum atomic E-state index is 12.1. The molecule has 84 valence electrons. The number of hydrogen-bond acceptors (Lipinski definition) is 4. The Bertz CT molecular complexity index is 349. The first-order chi connectivity index (χ1) is 6.97. The van der Waals surface area contributed by atoms with Crippen molar-refractivity contribution in [3.63, 3.8) is 0 Å². The van der Waals surface area contributed by atoms with Crippen LogP contribution in [0.15, 0.2) is 0 Å². The van der Waals surface area contributed by atoms with Gasteiger partial charge in [0.15, 0.2) is 0 Å². The molecule has 1 heterocycles. The zero-order valence-corrected chi connectivity index (χ0v) is 8.82. The molecule has 0 radical (unpaired) electrons. The van der Waals surface area contributed by atoms with E-state index in [1.807, 2.05) is 0 Å². The lowest BCUT2D eigenvalue weighted by Crippen LogP contribution is -2.08. The zero-order chi connectivity index (χ0) is 11.1. The molecule has 15 heavy (non-hydrogen) atoms. The minimum absolute atomic E-state index is 0.251. The topological polar surface area (TPSA) is 37.8 Å². The molecule has 1 aromatic heterocycles. The molecule has 0 saturated heterocycles. The Labute approximate surface area is 88.9 Å². The van der Waals surface area contributed by atoms with Crippen LogP contribution < -0.4 is 5.32 Å². The summed E-state index contributed by atoms with van der Waals surface area (Å²) in [6, 6.07) is 0. The van der Waals surface area contributed by atoms with Crippen molar-refractivity contribution in [1.82, 2.24) is 9.36 Å². The SMILES string of the molecule is CC1CC1CNc1nc(C(F)(F)F)ns1. The molecule has 1 aliphatic rings. The Kier molecular flexibility index (Phi) is 2.57. The van der Waals surface area contributed by atoms with Gasteiger partial charge < -0.3 is 5.32 Å². The van der Waals surface area contributed by atoms with Crippen LogP contribution in [-0.4, -0.2) is 15.9 Å². The number of nitrogens with zero attached hydrogens (tertiary/aromatic N) is 2. The third kappa shape index (κ3) is 2.58. The lowest BCUT2D eigenvalue weighted by atomic mass is 10.3. The predicted octanol–water partition coefficient (Wildman–Crippen LogP) is 2.62. The monoisotopic (exact) mass is 237 g/mol. The Hall–Kier alpha value is -0.850. The van der Waals surface area contributed by atoms with Crippen LogP contribution in [0, 0.1) is 11.8 Å². The molecule has 3 nitrogen and oxygen atoms in total. The van der Waals surface area contributed by atoms with Crippen LogP contribution in [0.2, 0.25) is 0 Å². The highest BCUT2D eigenvalue weighted by atomic mass is 32.1. The van der Waals surface area contributed by atoms with Crippen LogP contribution >= 0.6 is 11.5 Å². The van der Waals surface area contributed by atoms with Crippen LogP contribution in [0.25, 0.3) is 0 Å². The van der Waals surface area contributed by atoms with Gasteiger partial charge in [-0.05, 0) is 18.3 Å². The van der Waals surface area contributed by atoms with Gasteiger partial charge in [0.25, 0.3) is 0 Å². The molecule has 1 fully saturated rings. The Morgan fingerprint density at radius 2 is 2.20 bits per heavy atom. The standard InChI is InChI=1S/C8H10F3N3S/c1-4-2-5(4)3-12-7-13-6(14-15-7)8(9,10)11/h4-5H,2-3H2,1H3,(H,12,13,14). The van der Waals surface area contributed by atoms with E-state index < -0.39 is 12.0 Å². The second-order valence-electron chi connectivity index (χ2n) is 3.77. The molecule has 2 rings (SSSR count). The highest BCUT2D eigenvalue weighted by molar-refractivity contribution is 7.09. The minimum atomic E-state index is -4.44. The van der Waals surface area contributed by atoms with Gasteiger partial charge in [0.1, 0.15) is 0 Å². The van der Waals surface area contributed by atoms with Crippen LogP contribution in [-0.2, 0) is 6.18 Å². The van der Waals surface area contributed by atoms with Crippen molar-refractivity contribution >= 4 is 16.7 Å². The fourth-order valence-corrected chi connectivity index (χ4v) is 1.90. The maximum absolute atomic E-state index is 12.1. The number of alkyl halides is 3. The quantitative estimate of drug-likeness (QED) is 0.878. The van der Waals surface area contributed by atoms with Crippen molar-refractivity contribution in [2.75, 3.05) is 11.9 Å². The number of aromatic nitrogens is 2. The molecular weight excluding hydrogens is 227 g/mol. The first-order valence-corrected chi connectivity index (χ1v) is 5.39. The molecule has 0 aliphatic heterocycles. The summed E-state index contributed by atoms with van der Waals surface area (Å²) in [6.07, 6.45) is -3.30. The molecule has 7 heteroatoms. The van der Waals surface area contributed by atoms with E-state index in [0.717, 1.165) is 18.0 Å². The molecule has 1 N–H and O–H groups in total. The maximum Gasteiger partial charge on any atom is 0.452 e. The van der Waals surface area contributed by atoms with Crippen LogP contribution in [0.3, 0.4) is 0 Å². The molecule has 0 aromatic carbocycles. The van der Waals surface area contributed by atoms with Crippen molar-refractivity contribution in [3.8, 4) is 0 Å². The largest absolute Gasteiger partial charge is 0.452 e. The molecule has 0 amide bonds. The lowest BCUT2D eigenvalue weighted by molar-refractivity contribution is -0.144. The Morgan fingerprint density at radius 1 is 1.53 bits per heavy atom. The average molecular weight is 237 g/mol. The average Bonchev–Trinajstić information content (AvgIpc) is 2.66. The summed E-state index contributed by atoms with van der Waals surface area (Å²) in [5, 5.41) is 3.13. The molecule has 0 spiro atoms. The number of halogens is 3. The van der Waals surface area contributed by atoms with Crippen molar-refractivity contribution < 1.29 is 13.2 Å². The summed E-state index contributed by atoms with van der Waals surface area (Å²) in [5.41, 5.74) is 0. The summed E-state index contributed by atoms with van der Waals surface area (Å²) in [4.78, 5) is 3.38. The van der Waals surface area contributed by atoms with E-state index in [-0.39, 0.29) is 5.13 Å². The fourth-order valence-electron chi connectivity index (χ4n) is 1.31. The Balaban J connectivity index is 1.90. The van der Waals surface area contributed by atoms with E-state index in [4.69, 9.17) is 0 Å². The van der Waals surface area contributed by atoms with Crippen LogP contribution in [0.5, 0.6) is 0 Å². The van der Waals surface area contributed by atoms with E-state index in [1.54, 1.807) is 0 Å². The predicted molar refractivity (Wildman–Crippen MR) is 50.7 cm³/mol. The number of rotatable bonds is 3. The first kappa shape index (κ1) is 10.7. The van der Waals surface area contributed by atoms with E-state index in [0.29, 0.717) is 18.4 Å². The normalized spacial score (nSPS) is 25.3. The summed E-state index contributed by atoms with van der Waals surface area (Å²) in [6.45, 7) is 2.81. The second-order valence-corrected chi connectivity index (χ2v) is 4.53. The summed E-state index contributed by atoms with van der Waals surface area (Å²) in [5.74, 6) is 0.189. The second kappa shape index (κ2) is 3.62. The molecule has 2 atom stereocenters. The number of anilines is 1. The van der Waals surface area contributed by atoms with E-state index in [2.05, 4.69) is 21.6 Å². The van der Waals surface area contributed by atoms with Gasteiger partial charge in [0, 0.05) is 18.1 Å². The van der Waals surface area contributed by atoms with Gasteiger partial charge in [-0.2, -0.15) is 22.5 Å². The van der Waals surface area contributed by atoms with Crippen molar-refractivity contribution in [2.45, 2.75) is 19.5 Å². The smallest absolute Gasteiger partial charge is 0.360 e. The summed E-state index contributed by atoms with van der Waals surface area (Å²) >= 11 is 0.755. The summed E-state index contributed by atoms with van der Waals surface area (Å²) < 4.78 is 39.6.